The Labute approximate surface area is 221 Å². The quantitative estimate of drug-likeness (QED) is 0.532. The first-order chi connectivity index (χ1) is 17.1. The molecule has 0 aromatic heterocycles. The third-order valence-corrected chi connectivity index (χ3v) is 11.0. The van der Waals surface area contributed by atoms with Crippen LogP contribution >= 0.6 is 11.8 Å². The van der Waals surface area contributed by atoms with Gasteiger partial charge in [-0.1, -0.05) is 45.5 Å². The zero-order chi connectivity index (χ0) is 27.2. The first kappa shape index (κ1) is 27.4. The van der Waals surface area contributed by atoms with Gasteiger partial charge < -0.3 is 5.11 Å². The Balaban J connectivity index is 1.56. The van der Waals surface area contributed by atoms with Crippen LogP contribution in [0.1, 0.15) is 60.3 Å². The fourth-order valence-electron chi connectivity index (χ4n) is 8.41. The third kappa shape index (κ3) is 3.62. The van der Waals surface area contributed by atoms with Gasteiger partial charge in [-0.3, -0.25) is 14.4 Å². The van der Waals surface area contributed by atoms with E-state index in [0.29, 0.717) is 31.3 Å². The smallest absolute Gasteiger partial charge is 0.226 e. The van der Waals surface area contributed by atoms with Crippen LogP contribution in [-0.4, -0.2) is 63.7 Å². The second kappa shape index (κ2) is 8.67. The van der Waals surface area contributed by atoms with Crippen molar-refractivity contribution in [2.45, 2.75) is 83.8 Å². The Morgan fingerprint density at radius 2 is 1.97 bits per heavy atom. The number of nitrogens with zero attached hydrogens (tertiary/aromatic N) is 1. The molecule has 0 aromatic carbocycles. The highest BCUT2D eigenvalue weighted by Crippen LogP contribution is 2.73. The Morgan fingerprint density at radius 3 is 2.62 bits per heavy atom. The number of aliphatic hydroxyl groups is 1. The van der Waals surface area contributed by atoms with Crippen molar-refractivity contribution in [1.82, 2.24) is 5.06 Å². The molecular weight excluding hydrogens is 503 g/mol. The van der Waals surface area contributed by atoms with Gasteiger partial charge in [-0.25, -0.2) is 13.2 Å². The van der Waals surface area contributed by atoms with E-state index in [1.807, 2.05) is 6.92 Å². The van der Waals surface area contributed by atoms with E-state index in [1.54, 1.807) is 12.0 Å². The molecule has 37 heavy (non-hydrogen) atoms. The number of carbonyl (C=O) groups excluding carboxylic acids is 2. The number of rotatable bonds is 4. The lowest BCUT2D eigenvalue weighted by Crippen LogP contribution is -2.70. The number of halogens is 3. The molecule has 206 valence electrons. The fraction of sp³-hybridized carbons (Fsp3) is 0.786. The molecule has 3 saturated carbocycles. The molecule has 0 unspecified atom stereocenters. The zero-order valence-electron chi connectivity index (χ0n) is 22.2. The summed E-state index contributed by atoms with van der Waals surface area (Å²) in [5, 5.41) is 12.9. The average molecular weight is 542 g/mol. The van der Waals surface area contributed by atoms with E-state index in [0.717, 1.165) is 6.42 Å². The lowest BCUT2D eigenvalue weighted by atomic mass is 9.44. The van der Waals surface area contributed by atoms with Crippen LogP contribution in [0.4, 0.5) is 13.2 Å². The number of hydroxylamine groups is 2. The summed E-state index contributed by atoms with van der Waals surface area (Å²) >= 11 is 0.559. The average Bonchev–Trinajstić information content (AvgIpc) is 3.29. The van der Waals surface area contributed by atoms with Crippen LogP contribution < -0.4 is 0 Å². The van der Waals surface area contributed by atoms with Gasteiger partial charge in [0.2, 0.25) is 5.12 Å². The summed E-state index contributed by atoms with van der Waals surface area (Å²) in [6.07, 6.45) is 1.76. The maximum Gasteiger partial charge on any atom is 0.226 e. The summed E-state index contributed by atoms with van der Waals surface area (Å²) in [7, 11) is 0. The maximum absolute atomic E-state index is 17.4. The monoisotopic (exact) mass is 541 g/mol. The minimum Gasteiger partial charge on any atom is -0.390 e. The molecule has 1 heterocycles. The van der Waals surface area contributed by atoms with Crippen molar-refractivity contribution in [3.63, 3.8) is 0 Å². The molecule has 0 bridgehead atoms. The summed E-state index contributed by atoms with van der Waals surface area (Å²) in [4.78, 5) is 32.2. The molecule has 1 aliphatic heterocycles. The van der Waals surface area contributed by atoms with E-state index in [-0.39, 0.29) is 35.5 Å². The van der Waals surface area contributed by atoms with Crippen LogP contribution in [0.5, 0.6) is 0 Å². The molecule has 4 aliphatic carbocycles. The third-order valence-electron chi connectivity index (χ3n) is 10.3. The maximum atomic E-state index is 17.4. The molecule has 5 rings (SSSR count). The molecule has 5 aliphatic rings. The molecule has 0 aromatic rings. The Morgan fingerprint density at radius 1 is 1.27 bits per heavy atom. The van der Waals surface area contributed by atoms with E-state index >= 15 is 8.78 Å². The Bertz CT molecular complexity index is 1060. The van der Waals surface area contributed by atoms with Gasteiger partial charge in [0.05, 0.1) is 6.10 Å². The van der Waals surface area contributed by atoms with Gasteiger partial charge in [0.1, 0.15) is 12.2 Å². The molecule has 5 nitrogen and oxygen atoms in total. The molecule has 0 amide bonds. The van der Waals surface area contributed by atoms with Crippen molar-refractivity contribution in [2.75, 3.05) is 19.1 Å². The van der Waals surface area contributed by atoms with Crippen LogP contribution in [0.2, 0.25) is 0 Å². The fourth-order valence-corrected chi connectivity index (χ4v) is 9.16. The second-order valence-corrected chi connectivity index (χ2v) is 14.2. The van der Waals surface area contributed by atoms with Crippen LogP contribution in [0.15, 0.2) is 23.8 Å². The predicted octanol–water partition coefficient (Wildman–Crippen LogP) is 5.14. The highest BCUT2D eigenvalue weighted by atomic mass is 32.2. The number of hydrogen-bond donors (Lipinski definition) is 1. The summed E-state index contributed by atoms with van der Waals surface area (Å²) in [5.41, 5.74) is -6.02. The lowest BCUT2D eigenvalue weighted by Gasteiger charge is -2.63. The van der Waals surface area contributed by atoms with Crippen molar-refractivity contribution >= 4 is 22.7 Å². The normalized spacial score (nSPS) is 47.2. The molecule has 1 N–H and O–H groups in total. The number of carbonyl (C=O) groups is 2. The Kier molecular flexibility index (Phi) is 6.42. The first-order valence-electron chi connectivity index (χ1n) is 13.3. The van der Waals surface area contributed by atoms with Gasteiger partial charge in [0.15, 0.2) is 17.1 Å². The Hall–Kier alpha value is -1.16. The number of fused-ring (bicyclic) bond motifs is 7. The lowest BCUT2D eigenvalue weighted by molar-refractivity contribution is -0.264. The van der Waals surface area contributed by atoms with E-state index < -0.39 is 57.3 Å². The predicted molar refractivity (Wildman–Crippen MR) is 136 cm³/mol. The minimum absolute atomic E-state index is 0.0427. The van der Waals surface area contributed by atoms with Crippen LogP contribution in [0.3, 0.4) is 0 Å². The van der Waals surface area contributed by atoms with E-state index in [2.05, 4.69) is 20.8 Å². The van der Waals surface area contributed by atoms with Gasteiger partial charge >= 0.3 is 0 Å². The molecular formula is C28H38F3NO4S. The van der Waals surface area contributed by atoms with Crippen molar-refractivity contribution < 1.29 is 32.7 Å². The van der Waals surface area contributed by atoms with Gasteiger partial charge in [-0.05, 0) is 61.7 Å². The summed E-state index contributed by atoms with van der Waals surface area (Å²) in [6.45, 7) is 10.8. The van der Waals surface area contributed by atoms with Crippen molar-refractivity contribution in [3.8, 4) is 0 Å². The summed E-state index contributed by atoms with van der Waals surface area (Å²) < 4.78 is 46.6. The van der Waals surface area contributed by atoms with Gasteiger partial charge in [-0.15, -0.1) is 0 Å². The van der Waals surface area contributed by atoms with E-state index in [9.17, 15) is 19.1 Å². The summed E-state index contributed by atoms with van der Waals surface area (Å²) in [6, 6.07) is -0.907. The topological polar surface area (TPSA) is 66.8 Å². The minimum atomic E-state index is -2.22. The number of allylic oxidation sites excluding steroid dienone is 4. The standard InChI is InChI=1S/C28H38F3NO4S/c1-24(2,3)8-9-32-14-16-10-18-19-12-21(30)20-11-17(33)6-7-25(20,4)27(19,31)22(34)13-26(18,5)28(16,36-32)23(35)37-15-29/h6-7,11,16,18-19,21-22,34H,8-10,12-15H2,1-5H3/t16-,18-,19-,21-,22-,25-,26-,27-,28-/m0/s1. The largest absolute Gasteiger partial charge is 0.390 e. The molecule has 1 saturated heterocycles. The molecule has 0 spiro atoms. The van der Waals surface area contributed by atoms with Crippen molar-refractivity contribution in [3.05, 3.63) is 23.8 Å². The molecule has 9 heteroatoms. The highest BCUT2D eigenvalue weighted by molar-refractivity contribution is 8.13. The number of hydrogen-bond acceptors (Lipinski definition) is 6. The van der Waals surface area contributed by atoms with E-state index in [1.165, 1.54) is 18.2 Å². The van der Waals surface area contributed by atoms with E-state index in [4.69, 9.17) is 4.84 Å². The van der Waals surface area contributed by atoms with Gasteiger partial charge in [0.25, 0.3) is 0 Å². The van der Waals surface area contributed by atoms with Gasteiger partial charge in [-0.2, -0.15) is 5.06 Å². The molecule has 0 radical (unpaired) electrons. The van der Waals surface area contributed by atoms with Crippen LogP contribution in [-0.2, 0) is 14.4 Å². The summed E-state index contributed by atoms with van der Waals surface area (Å²) in [5.74, 6) is -2.06. The first-order valence-corrected chi connectivity index (χ1v) is 14.3. The number of ketones is 1. The molecule has 9 atom stereocenters. The number of aliphatic hydroxyl groups excluding tert-OH is 1. The zero-order valence-corrected chi connectivity index (χ0v) is 23.0. The van der Waals surface area contributed by atoms with Crippen molar-refractivity contribution in [1.29, 1.82) is 0 Å². The van der Waals surface area contributed by atoms with Crippen LogP contribution in [0, 0.1) is 34.0 Å². The van der Waals surface area contributed by atoms with Crippen molar-refractivity contribution in [2.24, 2.45) is 34.0 Å². The second-order valence-electron chi connectivity index (χ2n) is 13.4. The van der Waals surface area contributed by atoms with Gasteiger partial charge in [0, 0.05) is 35.8 Å². The van der Waals surface area contributed by atoms with Crippen LogP contribution in [0.25, 0.3) is 0 Å². The number of alkyl halides is 3. The SMILES string of the molecule is CC(C)(C)CCN1C[C@@H]2C[C@H]3[C@@H]4C[C@H](F)C5=CC(=O)C=C[C@]5(C)[C@@]4(F)[C@@H](O)C[C@]3(C)[C@]2(C(=O)SCF)O1. The molecule has 4 fully saturated rings. The number of thioether (sulfide) groups is 1. The highest BCUT2D eigenvalue weighted by Gasteiger charge is 2.79.